The Labute approximate surface area is 102 Å². The van der Waals surface area contributed by atoms with E-state index in [1.54, 1.807) is 52.1 Å². The Morgan fingerprint density at radius 1 is 1.41 bits per heavy atom. The van der Waals surface area contributed by atoms with Gasteiger partial charge in [-0.05, 0) is 38.5 Å². The molecule has 1 unspecified atom stereocenters. The van der Waals surface area contributed by atoms with Crippen LogP contribution in [0.3, 0.4) is 0 Å². The van der Waals surface area contributed by atoms with E-state index < -0.39 is 12.8 Å². The summed E-state index contributed by atoms with van der Waals surface area (Å²) in [5, 5.41) is -0.961. The van der Waals surface area contributed by atoms with Crippen LogP contribution in [0.15, 0.2) is 24.3 Å². The van der Waals surface area contributed by atoms with Gasteiger partial charge in [0.25, 0.3) is 0 Å². The van der Waals surface area contributed by atoms with Crippen LogP contribution in [0.4, 0.5) is 0 Å². The third kappa shape index (κ3) is 2.89. The lowest BCUT2D eigenvalue weighted by molar-refractivity contribution is 0.251. The van der Waals surface area contributed by atoms with Crippen LogP contribution in [0, 0.1) is 0 Å². The normalized spacial score (nSPS) is 15.4. The van der Waals surface area contributed by atoms with Gasteiger partial charge in [0.05, 0.1) is 18.9 Å². The summed E-state index contributed by atoms with van der Waals surface area (Å²) in [6.07, 6.45) is 0. The lowest BCUT2D eigenvalue weighted by Crippen LogP contribution is -2.19. The summed E-state index contributed by atoms with van der Waals surface area (Å²) in [5.74, 6) is 0.659. The molecular weight excluding hydrogens is 239 g/mol. The maximum Gasteiger partial charge on any atom is 0.337 e. The molecule has 1 atom stereocenters. The molecular formula is C12H19O4P. The first-order chi connectivity index (χ1) is 7.85. The smallest absolute Gasteiger partial charge is 0.337 e. The second-order valence-electron chi connectivity index (χ2n) is 4.23. The van der Waals surface area contributed by atoms with Crippen LogP contribution >= 0.6 is 7.60 Å². The van der Waals surface area contributed by atoms with Crippen LogP contribution in [0.25, 0.3) is 0 Å². The third-order valence-corrected chi connectivity index (χ3v) is 5.07. The number of hydrogen-bond donors (Lipinski definition) is 1. The molecule has 0 aliphatic heterocycles. The predicted molar refractivity (Wildman–Crippen MR) is 67.5 cm³/mol. The van der Waals surface area contributed by atoms with E-state index in [1.807, 2.05) is 0 Å². The van der Waals surface area contributed by atoms with Crippen LogP contribution in [0.5, 0.6) is 5.75 Å². The Bertz CT molecular complexity index is 428. The van der Waals surface area contributed by atoms with E-state index in [-0.39, 0.29) is 6.61 Å². The molecule has 0 bridgehead atoms. The Hall–Kier alpha value is -0.830. The molecule has 1 N–H and O–H groups in total. The molecule has 0 aliphatic rings. The van der Waals surface area contributed by atoms with Gasteiger partial charge in [0.2, 0.25) is 0 Å². The molecule has 5 heteroatoms. The molecule has 0 saturated carbocycles. The van der Waals surface area contributed by atoms with E-state index in [9.17, 15) is 9.46 Å². The molecule has 0 amide bonds. The highest BCUT2D eigenvalue weighted by atomic mass is 31.2. The lowest BCUT2D eigenvalue weighted by atomic mass is 10.0. The summed E-state index contributed by atoms with van der Waals surface area (Å²) >= 11 is 0. The number of rotatable bonds is 5. The molecule has 0 aliphatic carbocycles. The number of ether oxygens (including phenoxy) is 1. The van der Waals surface area contributed by atoms with E-state index in [1.165, 1.54) is 0 Å². The van der Waals surface area contributed by atoms with Gasteiger partial charge in [0.1, 0.15) is 5.75 Å². The number of benzene rings is 1. The molecule has 0 spiro atoms. The van der Waals surface area contributed by atoms with Crippen molar-refractivity contribution in [1.82, 2.24) is 0 Å². The van der Waals surface area contributed by atoms with E-state index >= 15 is 0 Å². The van der Waals surface area contributed by atoms with Crippen molar-refractivity contribution in [2.45, 2.75) is 25.9 Å². The van der Waals surface area contributed by atoms with Crippen molar-refractivity contribution in [2.75, 3.05) is 13.7 Å². The van der Waals surface area contributed by atoms with Crippen molar-refractivity contribution in [2.24, 2.45) is 0 Å². The minimum Gasteiger partial charge on any atom is -0.497 e. The van der Waals surface area contributed by atoms with Crippen molar-refractivity contribution < 1.29 is 18.7 Å². The van der Waals surface area contributed by atoms with Crippen LogP contribution in [0.1, 0.15) is 26.3 Å². The summed E-state index contributed by atoms with van der Waals surface area (Å²) in [6.45, 7) is 5.29. The fourth-order valence-corrected chi connectivity index (χ4v) is 2.64. The quantitative estimate of drug-likeness (QED) is 0.824. The molecule has 0 aromatic heterocycles. The Morgan fingerprint density at radius 3 is 2.59 bits per heavy atom. The Morgan fingerprint density at radius 2 is 2.06 bits per heavy atom. The second-order valence-corrected chi connectivity index (χ2v) is 6.65. The summed E-state index contributed by atoms with van der Waals surface area (Å²) in [7, 11) is -2.14. The second kappa shape index (κ2) is 5.21. The van der Waals surface area contributed by atoms with Crippen molar-refractivity contribution in [3.05, 3.63) is 29.8 Å². The zero-order valence-electron chi connectivity index (χ0n) is 10.6. The molecule has 96 valence electrons. The van der Waals surface area contributed by atoms with E-state index in [4.69, 9.17) is 9.26 Å². The first kappa shape index (κ1) is 14.2. The number of hydrogen-bond acceptors (Lipinski definition) is 3. The molecule has 1 rings (SSSR count). The fraction of sp³-hybridized carbons (Fsp3) is 0.500. The van der Waals surface area contributed by atoms with Gasteiger partial charge < -0.3 is 14.2 Å². The van der Waals surface area contributed by atoms with Crippen LogP contribution < -0.4 is 4.74 Å². The minimum absolute atomic E-state index is 0.210. The van der Waals surface area contributed by atoms with Gasteiger partial charge in [0, 0.05) is 0 Å². The molecule has 1 aromatic carbocycles. The van der Waals surface area contributed by atoms with Crippen molar-refractivity contribution in [3.8, 4) is 5.75 Å². The van der Waals surface area contributed by atoms with Gasteiger partial charge in [-0.3, -0.25) is 4.57 Å². The van der Waals surface area contributed by atoms with E-state index in [2.05, 4.69) is 0 Å². The van der Waals surface area contributed by atoms with Crippen molar-refractivity contribution in [3.63, 3.8) is 0 Å². The van der Waals surface area contributed by atoms with Crippen molar-refractivity contribution in [1.29, 1.82) is 0 Å². The first-order valence-electron chi connectivity index (χ1n) is 5.47. The highest BCUT2D eigenvalue weighted by molar-refractivity contribution is 7.54. The molecule has 17 heavy (non-hydrogen) atoms. The standard InChI is InChI=1S/C12H19O4P/c1-5-16-17(13,14)12(2,3)10-7-6-8-11(9-10)15-4/h6-9H,5H2,1-4H3,(H,13,14). The lowest BCUT2D eigenvalue weighted by Gasteiger charge is -2.29. The molecule has 4 nitrogen and oxygen atoms in total. The highest BCUT2D eigenvalue weighted by Gasteiger charge is 2.42. The van der Waals surface area contributed by atoms with Crippen LogP contribution in [-0.2, 0) is 14.2 Å². The zero-order chi connectivity index (χ0) is 13.1. The fourth-order valence-electron chi connectivity index (χ4n) is 1.50. The zero-order valence-corrected chi connectivity index (χ0v) is 11.5. The van der Waals surface area contributed by atoms with Crippen LogP contribution in [-0.4, -0.2) is 18.6 Å². The summed E-state index contributed by atoms with van der Waals surface area (Å²) < 4.78 is 22.2. The van der Waals surface area contributed by atoms with Crippen molar-refractivity contribution >= 4 is 7.60 Å². The average molecular weight is 258 g/mol. The van der Waals surface area contributed by atoms with Gasteiger partial charge >= 0.3 is 7.60 Å². The average Bonchev–Trinajstić information content (AvgIpc) is 2.29. The Balaban J connectivity index is 3.15. The maximum atomic E-state index is 12.1. The number of methoxy groups -OCH3 is 1. The minimum atomic E-state index is -3.70. The van der Waals surface area contributed by atoms with Gasteiger partial charge in [-0.1, -0.05) is 12.1 Å². The van der Waals surface area contributed by atoms with Gasteiger partial charge in [0.15, 0.2) is 0 Å². The summed E-state index contributed by atoms with van der Waals surface area (Å²) in [6, 6.07) is 7.14. The molecule has 0 heterocycles. The first-order valence-corrected chi connectivity index (χ1v) is 7.05. The Kier molecular flexibility index (Phi) is 4.36. The van der Waals surface area contributed by atoms with Gasteiger partial charge in [-0.2, -0.15) is 0 Å². The largest absolute Gasteiger partial charge is 0.497 e. The maximum absolute atomic E-state index is 12.1. The highest BCUT2D eigenvalue weighted by Crippen LogP contribution is 2.60. The van der Waals surface area contributed by atoms with Gasteiger partial charge in [-0.25, -0.2) is 0 Å². The SMILES string of the molecule is CCOP(=O)(O)C(C)(C)c1cccc(OC)c1. The monoisotopic (exact) mass is 258 g/mol. The summed E-state index contributed by atoms with van der Waals surface area (Å²) in [4.78, 5) is 9.95. The molecule has 1 aromatic rings. The summed E-state index contributed by atoms with van der Waals surface area (Å²) in [5.41, 5.74) is 0.719. The van der Waals surface area contributed by atoms with E-state index in [0.717, 1.165) is 5.56 Å². The van der Waals surface area contributed by atoms with E-state index in [0.29, 0.717) is 5.75 Å². The van der Waals surface area contributed by atoms with Gasteiger partial charge in [-0.15, -0.1) is 0 Å². The molecule has 0 fully saturated rings. The topological polar surface area (TPSA) is 55.8 Å². The predicted octanol–water partition coefficient (Wildman–Crippen LogP) is 3.15. The third-order valence-electron chi connectivity index (χ3n) is 2.79. The molecule has 0 saturated heterocycles. The van der Waals surface area contributed by atoms with Crippen LogP contribution in [0.2, 0.25) is 0 Å². The molecule has 0 radical (unpaired) electrons.